The average molecular weight is 253 g/mol. The molecule has 74 valence electrons. The molecule has 0 radical (unpaired) electrons. The van der Waals surface area contributed by atoms with Crippen LogP contribution in [0.2, 0.25) is 0 Å². The van der Waals surface area contributed by atoms with Gasteiger partial charge in [-0.2, -0.15) is 0 Å². The van der Waals surface area contributed by atoms with E-state index in [1.165, 1.54) is 10.9 Å². The normalized spacial score (nSPS) is 12.2. The summed E-state index contributed by atoms with van der Waals surface area (Å²) in [6.45, 7) is 4.44. The van der Waals surface area contributed by atoms with Gasteiger partial charge in [0.15, 0.2) is 0 Å². The molecule has 1 N–H and O–H groups in total. The highest BCUT2D eigenvalue weighted by Gasteiger charge is 2.22. The fourth-order valence-corrected chi connectivity index (χ4v) is 1.89. The van der Waals surface area contributed by atoms with E-state index in [-0.39, 0.29) is 5.41 Å². The molecule has 0 amide bonds. The Morgan fingerprint density at radius 3 is 3.00 bits per heavy atom. The number of hydrogen-bond acceptors (Lipinski definition) is 1. The number of H-pyrrole nitrogens is 1. The Kier molecular flexibility index (Phi) is 2.35. The van der Waals surface area contributed by atoms with Crippen molar-refractivity contribution in [3.8, 4) is 0 Å². The lowest BCUT2D eigenvalue weighted by Crippen LogP contribution is -2.18. The monoisotopic (exact) mass is 252 g/mol. The lowest BCUT2D eigenvalue weighted by atomic mass is 9.87. The highest BCUT2D eigenvalue weighted by Crippen LogP contribution is 2.30. The lowest BCUT2D eigenvalue weighted by Gasteiger charge is -2.20. The number of alkyl halides is 1. The number of nitrogens with one attached hydrogen (secondary N) is 1. The zero-order chi connectivity index (χ0) is 10.2. The summed E-state index contributed by atoms with van der Waals surface area (Å²) in [5, 5.41) is 2.17. The van der Waals surface area contributed by atoms with Gasteiger partial charge in [-0.3, -0.25) is 0 Å². The molecule has 14 heavy (non-hydrogen) atoms. The van der Waals surface area contributed by atoms with Crippen molar-refractivity contribution in [1.29, 1.82) is 0 Å². The van der Waals surface area contributed by atoms with Crippen LogP contribution in [-0.2, 0) is 5.41 Å². The molecule has 0 aromatic carbocycles. The van der Waals surface area contributed by atoms with Crippen LogP contribution in [0.1, 0.15) is 19.4 Å². The molecule has 0 spiro atoms. The third-order valence-corrected chi connectivity index (χ3v) is 3.92. The van der Waals surface area contributed by atoms with E-state index in [2.05, 4.69) is 52.0 Å². The van der Waals surface area contributed by atoms with Crippen molar-refractivity contribution in [3.63, 3.8) is 0 Å². The largest absolute Gasteiger partial charge is 0.346 e. The van der Waals surface area contributed by atoms with Gasteiger partial charge in [0.25, 0.3) is 0 Å². The molecular formula is C11H13BrN2. The van der Waals surface area contributed by atoms with Gasteiger partial charge in [-0.15, -0.1) is 0 Å². The summed E-state index contributed by atoms with van der Waals surface area (Å²) >= 11 is 3.54. The minimum absolute atomic E-state index is 0.140. The first-order chi connectivity index (χ1) is 6.65. The van der Waals surface area contributed by atoms with Crippen LogP contribution in [0.3, 0.4) is 0 Å². The minimum Gasteiger partial charge on any atom is -0.346 e. The van der Waals surface area contributed by atoms with Gasteiger partial charge in [-0.05, 0) is 17.7 Å². The van der Waals surface area contributed by atoms with Gasteiger partial charge in [-0.1, -0.05) is 29.8 Å². The zero-order valence-corrected chi connectivity index (χ0v) is 9.93. The Labute approximate surface area is 91.9 Å². The second kappa shape index (κ2) is 3.39. The molecule has 0 saturated carbocycles. The molecule has 3 heteroatoms. The molecule has 0 fully saturated rings. The SMILES string of the molecule is CC(C)(CBr)c1c[nH]c2ncccc12. The van der Waals surface area contributed by atoms with Crippen LogP contribution in [0.15, 0.2) is 24.5 Å². The van der Waals surface area contributed by atoms with E-state index >= 15 is 0 Å². The highest BCUT2D eigenvalue weighted by atomic mass is 79.9. The van der Waals surface area contributed by atoms with Crippen molar-refractivity contribution in [2.75, 3.05) is 5.33 Å². The van der Waals surface area contributed by atoms with Crippen molar-refractivity contribution in [1.82, 2.24) is 9.97 Å². The molecule has 2 aromatic rings. The Morgan fingerprint density at radius 2 is 2.29 bits per heavy atom. The highest BCUT2D eigenvalue weighted by molar-refractivity contribution is 9.09. The van der Waals surface area contributed by atoms with Crippen LogP contribution in [0, 0.1) is 0 Å². The zero-order valence-electron chi connectivity index (χ0n) is 8.34. The second-order valence-electron chi connectivity index (χ2n) is 4.12. The predicted octanol–water partition coefficient (Wildman–Crippen LogP) is 3.24. The van der Waals surface area contributed by atoms with Gasteiger partial charge in [-0.25, -0.2) is 4.98 Å². The average Bonchev–Trinajstić information content (AvgIpc) is 2.61. The van der Waals surface area contributed by atoms with E-state index in [9.17, 15) is 0 Å². The number of nitrogens with zero attached hydrogens (tertiary/aromatic N) is 1. The van der Waals surface area contributed by atoms with E-state index in [0.29, 0.717) is 0 Å². The summed E-state index contributed by atoms with van der Waals surface area (Å²) in [6, 6.07) is 4.09. The summed E-state index contributed by atoms with van der Waals surface area (Å²) in [5.41, 5.74) is 2.43. The van der Waals surface area contributed by atoms with Crippen LogP contribution in [0.4, 0.5) is 0 Å². The van der Waals surface area contributed by atoms with Crippen molar-refractivity contribution in [2.24, 2.45) is 0 Å². The molecule has 0 aliphatic heterocycles. The topological polar surface area (TPSA) is 28.7 Å². The van der Waals surface area contributed by atoms with Crippen molar-refractivity contribution in [3.05, 3.63) is 30.1 Å². The molecule has 0 aliphatic rings. The van der Waals surface area contributed by atoms with Crippen LogP contribution >= 0.6 is 15.9 Å². The van der Waals surface area contributed by atoms with Crippen LogP contribution < -0.4 is 0 Å². The number of hydrogen-bond donors (Lipinski definition) is 1. The molecular weight excluding hydrogens is 240 g/mol. The number of pyridine rings is 1. The van der Waals surface area contributed by atoms with E-state index in [0.717, 1.165) is 11.0 Å². The predicted molar refractivity (Wildman–Crippen MR) is 62.9 cm³/mol. The number of aromatic amines is 1. The van der Waals surface area contributed by atoms with Crippen molar-refractivity contribution < 1.29 is 0 Å². The molecule has 2 rings (SSSR count). The van der Waals surface area contributed by atoms with Crippen LogP contribution in [0.25, 0.3) is 11.0 Å². The lowest BCUT2D eigenvalue weighted by molar-refractivity contribution is 0.612. The van der Waals surface area contributed by atoms with Gasteiger partial charge >= 0.3 is 0 Å². The molecule has 2 heterocycles. The maximum Gasteiger partial charge on any atom is 0.137 e. The number of rotatable bonds is 2. The van der Waals surface area contributed by atoms with Crippen molar-refractivity contribution in [2.45, 2.75) is 19.3 Å². The Hall–Kier alpha value is -0.830. The maximum atomic E-state index is 4.28. The standard InChI is InChI=1S/C11H13BrN2/c1-11(2,7-12)9-6-14-10-8(9)4-3-5-13-10/h3-6H,7H2,1-2H3,(H,13,14). The summed E-state index contributed by atoms with van der Waals surface area (Å²) in [6.07, 6.45) is 3.86. The Bertz CT molecular complexity index is 445. The fraction of sp³-hybridized carbons (Fsp3) is 0.364. The smallest absolute Gasteiger partial charge is 0.137 e. The second-order valence-corrected chi connectivity index (χ2v) is 4.68. The molecule has 0 aliphatic carbocycles. The van der Waals surface area contributed by atoms with E-state index in [1.807, 2.05) is 12.3 Å². The third kappa shape index (κ3) is 1.46. The van der Waals surface area contributed by atoms with E-state index in [1.54, 1.807) is 0 Å². The molecule has 2 nitrogen and oxygen atoms in total. The first-order valence-electron chi connectivity index (χ1n) is 4.64. The number of halogens is 1. The van der Waals surface area contributed by atoms with Gasteiger partial charge in [0.05, 0.1) is 0 Å². The van der Waals surface area contributed by atoms with Gasteiger partial charge < -0.3 is 4.98 Å². The maximum absolute atomic E-state index is 4.28. The summed E-state index contributed by atoms with van der Waals surface area (Å²) < 4.78 is 0. The summed E-state index contributed by atoms with van der Waals surface area (Å²) in [4.78, 5) is 7.48. The quantitative estimate of drug-likeness (QED) is 0.818. The number of aromatic nitrogens is 2. The van der Waals surface area contributed by atoms with Gasteiger partial charge in [0, 0.05) is 28.5 Å². The van der Waals surface area contributed by atoms with Crippen LogP contribution in [0.5, 0.6) is 0 Å². The molecule has 0 saturated heterocycles. The van der Waals surface area contributed by atoms with Crippen molar-refractivity contribution >= 4 is 27.0 Å². The fourth-order valence-electron chi connectivity index (χ4n) is 1.59. The summed E-state index contributed by atoms with van der Waals surface area (Å²) in [5.74, 6) is 0. The Balaban J connectivity index is 2.64. The number of fused-ring (bicyclic) bond motifs is 1. The summed E-state index contributed by atoms with van der Waals surface area (Å²) in [7, 11) is 0. The minimum atomic E-state index is 0.140. The van der Waals surface area contributed by atoms with E-state index < -0.39 is 0 Å². The van der Waals surface area contributed by atoms with Gasteiger partial charge in [0.2, 0.25) is 0 Å². The molecule has 0 bridgehead atoms. The third-order valence-electron chi connectivity index (χ3n) is 2.51. The molecule has 0 atom stereocenters. The first-order valence-corrected chi connectivity index (χ1v) is 5.76. The van der Waals surface area contributed by atoms with Crippen LogP contribution in [-0.4, -0.2) is 15.3 Å². The first kappa shape index (κ1) is 9.71. The Morgan fingerprint density at radius 1 is 1.50 bits per heavy atom. The molecule has 2 aromatic heterocycles. The molecule has 0 unspecified atom stereocenters. The van der Waals surface area contributed by atoms with E-state index in [4.69, 9.17) is 0 Å². The van der Waals surface area contributed by atoms with Gasteiger partial charge in [0.1, 0.15) is 5.65 Å².